The van der Waals surface area contributed by atoms with Crippen LogP contribution in [0.15, 0.2) is 12.2 Å². The highest BCUT2D eigenvalue weighted by atomic mass is 16.7. The molecule has 0 aromatic carbocycles. The Labute approximate surface area is 275 Å². The Bertz CT molecular complexity index is 1000. The average molecular weight is 681 g/mol. The van der Waals surface area contributed by atoms with E-state index in [1.54, 1.807) is 32.9 Å². The molecule has 16 nitrogen and oxygen atoms in total. The summed E-state index contributed by atoms with van der Waals surface area (Å²) >= 11 is 0. The first-order valence-electron chi connectivity index (χ1n) is 16.3. The number of aliphatic hydroxyl groups excluding tert-OH is 7. The Kier molecular flexibility index (Phi) is 14.5. The second-order valence-electron chi connectivity index (χ2n) is 13.7. The van der Waals surface area contributed by atoms with Crippen molar-refractivity contribution in [2.24, 2.45) is 23.5 Å². The SMILES string of the molecule is COC1OC(CO)C(O)C(NC(=O)[C@H]2C(C[C@H](/C=C/C(C)C)OC3OC(C)C(O)C(N)C3O)O[C@](O)(C[C@@H](O)C(C)C)C[C@@H]2O)C1O. The maximum absolute atomic E-state index is 13.9. The number of nitrogens with one attached hydrogen (secondary N) is 1. The van der Waals surface area contributed by atoms with Crippen molar-refractivity contribution in [1.82, 2.24) is 5.32 Å². The highest BCUT2D eigenvalue weighted by Gasteiger charge is 2.53. The fourth-order valence-electron chi connectivity index (χ4n) is 6.16. The second-order valence-corrected chi connectivity index (χ2v) is 13.7. The average Bonchev–Trinajstić information content (AvgIpc) is 2.99. The molecule has 0 spiro atoms. The Balaban J connectivity index is 1.95. The molecule has 0 aromatic heterocycles. The van der Waals surface area contributed by atoms with Crippen molar-refractivity contribution in [2.75, 3.05) is 13.7 Å². The van der Waals surface area contributed by atoms with Gasteiger partial charge in [0.15, 0.2) is 18.4 Å². The molecule has 3 heterocycles. The molecule has 1 amide bonds. The summed E-state index contributed by atoms with van der Waals surface area (Å²) in [7, 11) is 1.24. The van der Waals surface area contributed by atoms with Gasteiger partial charge >= 0.3 is 0 Å². The molecule has 0 bridgehead atoms. The van der Waals surface area contributed by atoms with E-state index in [1.807, 2.05) is 13.8 Å². The van der Waals surface area contributed by atoms with E-state index in [1.165, 1.54) is 7.11 Å². The number of carbonyl (C=O) groups excluding carboxylic acids is 1. The van der Waals surface area contributed by atoms with Gasteiger partial charge in [0.2, 0.25) is 5.91 Å². The molecule has 16 atom stereocenters. The number of amides is 1. The van der Waals surface area contributed by atoms with Crippen LogP contribution in [0.2, 0.25) is 0 Å². The van der Waals surface area contributed by atoms with E-state index < -0.39 is 116 Å². The first kappa shape index (κ1) is 40.1. The number of rotatable bonds is 13. The van der Waals surface area contributed by atoms with Gasteiger partial charge in [0.05, 0.1) is 61.2 Å². The second kappa shape index (κ2) is 17.0. The summed E-state index contributed by atoms with van der Waals surface area (Å²) < 4.78 is 28.4. The summed E-state index contributed by atoms with van der Waals surface area (Å²) in [5.74, 6) is -4.54. The fraction of sp³-hybridized carbons (Fsp3) is 0.903. The van der Waals surface area contributed by atoms with Crippen molar-refractivity contribution in [2.45, 2.75) is 145 Å². The van der Waals surface area contributed by atoms with E-state index in [0.717, 1.165) is 0 Å². The van der Waals surface area contributed by atoms with E-state index in [2.05, 4.69) is 5.32 Å². The molecule has 3 aliphatic rings. The van der Waals surface area contributed by atoms with Gasteiger partial charge in [-0.05, 0) is 18.8 Å². The zero-order chi connectivity index (χ0) is 35.4. The van der Waals surface area contributed by atoms with Crippen molar-refractivity contribution < 1.29 is 69.3 Å². The molecule has 16 heteroatoms. The van der Waals surface area contributed by atoms with Crippen molar-refractivity contribution in [1.29, 1.82) is 0 Å². The molecule has 11 unspecified atom stereocenters. The van der Waals surface area contributed by atoms with Crippen LogP contribution in [0.25, 0.3) is 0 Å². The van der Waals surface area contributed by atoms with E-state index >= 15 is 0 Å². The quantitative estimate of drug-likeness (QED) is 0.0881. The maximum atomic E-state index is 13.9. The van der Waals surface area contributed by atoms with Crippen LogP contribution in [0.1, 0.15) is 53.9 Å². The third-order valence-corrected chi connectivity index (χ3v) is 9.12. The van der Waals surface area contributed by atoms with Crippen molar-refractivity contribution in [3.05, 3.63) is 12.2 Å². The summed E-state index contributed by atoms with van der Waals surface area (Å²) in [6.45, 7) is 8.25. The van der Waals surface area contributed by atoms with Crippen LogP contribution in [0.3, 0.4) is 0 Å². The lowest BCUT2D eigenvalue weighted by Crippen LogP contribution is -2.67. The van der Waals surface area contributed by atoms with Crippen molar-refractivity contribution >= 4 is 5.91 Å². The van der Waals surface area contributed by atoms with Gasteiger partial charge in [0.1, 0.15) is 24.4 Å². The molecular formula is C31H56N2O14. The number of nitrogens with two attached hydrogens (primary N) is 1. The van der Waals surface area contributed by atoms with Gasteiger partial charge in [-0.2, -0.15) is 0 Å². The van der Waals surface area contributed by atoms with Crippen molar-refractivity contribution in [3.63, 3.8) is 0 Å². The lowest BCUT2D eigenvalue weighted by molar-refractivity contribution is -0.308. The zero-order valence-corrected chi connectivity index (χ0v) is 27.9. The number of hydrogen-bond donors (Lipinski definition) is 10. The summed E-state index contributed by atoms with van der Waals surface area (Å²) in [6, 6.07) is -2.47. The number of carbonyl (C=O) groups is 1. The minimum Gasteiger partial charge on any atom is -0.394 e. The molecule has 11 N–H and O–H groups in total. The number of ether oxygens (including phenoxy) is 5. The van der Waals surface area contributed by atoms with E-state index in [4.69, 9.17) is 29.4 Å². The van der Waals surface area contributed by atoms with Crippen molar-refractivity contribution in [3.8, 4) is 0 Å². The van der Waals surface area contributed by atoms with Gasteiger partial charge in [0.25, 0.3) is 0 Å². The highest BCUT2D eigenvalue weighted by Crippen LogP contribution is 2.38. The Morgan fingerprint density at radius 1 is 1.00 bits per heavy atom. The van der Waals surface area contributed by atoms with E-state index in [-0.39, 0.29) is 24.7 Å². The Hall–Kier alpha value is -1.35. The molecule has 3 aliphatic heterocycles. The minimum absolute atomic E-state index is 0.0427. The molecule has 0 aliphatic carbocycles. The van der Waals surface area contributed by atoms with Crippen LogP contribution in [0.4, 0.5) is 0 Å². The predicted octanol–water partition coefficient (Wildman–Crippen LogP) is -2.80. The third kappa shape index (κ3) is 9.88. The Morgan fingerprint density at radius 2 is 1.66 bits per heavy atom. The molecular weight excluding hydrogens is 624 g/mol. The first-order chi connectivity index (χ1) is 21.9. The van der Waals surface area contributed by atoms with Gasteiger partial charge in [-0.25, -0.2) is 0 Å². The number of hydrogen-bond acceptors (Lipinski definition) is 15. The topological polar surface area (TPSA) is 263 Å². The molecule has 0 radical (unpaired) electrons. The summed E-state index contributed by atoms with van der Waals surface area (Å²) in [5.41, 5.74) is 6.00. The van der Waals surface area contributed by atoms with Gasteiger partial charge in [0, 0.05) is 26.4 Å². The molecule has 3 rings (SSSR count). The smallest absolute Gasteiger partial charge is 0.228 e. The largest absolute Gasteiger partial charge is 0.394 e. The van der Waals surface area contributed by atoms with Crippen LogP contribution in [0.5, 0.6) is 0 Å². The standard InChI is InChI=1S/C31H56N2O14/c1-13(2)7-8-16(45-30-26(39)22(32)24(37)15(5)44-30)9-19-21(18(36)11-31(42,47-19)10-17(35)14(3)4)28(41)33-23-25(38)20(12-34)46-29(43-6)27(23)40/h7-8,13-27,29-30,34-40,42H,9-12,32H2,1-6H3,(H,33,41)/b8-7+/t15?,16-,17+,18-,19?,20?,21+,22?,23?,24?,25?,26?,27?,29?,30?,31+/m0/s1. The molecule has 274 valence electrons. The third-order valence-electron chi connectivity index (χ3n) is 9.12. The van der Waals surface area contributed by atoms with E-state index in [9.17, 15) is 45.6 Å². The van der Waals surface area contributed by atoms with Crippen LogP contribution in [-0.2, 0) is 28.5 Å². The maximum Gasteiger partial charge on any atom is 0.228 e. The number of aliphatic hydroxyl groups is 8. The van der Waals surface area contributed by atoms with Gasteiger partial charge in [-0.1, -0.05) is 39.8 Å². The lowest BCUT2D eigenvalue weighted by Gasteiger charge is -2.47. The zero-order valence-electron chi connectivity index (χ0n) is 27.9. The van der Waals surface area contributed by atoms with E-state index in [0.29, 0.717) is 0 Å². The van der Waals surface area contributed by atoms with Gasteiger partial charge < -0.3 is 75.6 Å². The predicted molar refractivity (Wildman–Crippen MR) is 164 cm³/mol. The van der Waals surface area contributed by atoms with Gasteiger partial charge in [-0.15, -0.1) is 0 Å². The molecule has 3 saturated heterocycles. The normalized spacial score (nSPS) is 43.0. The molecule has 0 saturated carbocycles. The minimum atomic E-state index is -2.06. The molecule has 0 aromatic rings. The first-order valence-corrected chi connectivity index (χ1v) is 16.3. The number of allylic oxidation sites excluding steroid dienone is 1. The van der Waals surface area contributed by atoms with Gasteiger partial charge in [-0.3, -0.25) is 4.79 Å². The van der Waals surface area contributed by atoms with Crippen LogP contribution in [0, 0.1) is 17.8 Å². The summed E-state index contributed by atoms with van der Waals surface area (Å²) in [6.07, 6.45) is -12.5. The summed E-state index contributed by atoms with van der Waals surface area (Å²) in [4.78, 5) is 13.9. The number of methoxy groups -OCH3 is 1. The lowest BCUT2D eigenvalue weighted by atomic mass is 9.81. The molecule has 3 fully saturated rings. The molecule has 47 heavy (non-hydrogen) atoms. The van der Waals surface area contributed by atoms with Crippen LogP contribution in [-0.4, -0.2) is 152 Å². The summed E-state index contributed by atoms with van der Waals surface area (Å²) in [5, 5.41) is 88.3. The van der Waals surface area contributed by atoms with Crippen LogP contribution < -0.4 is 11.1 Å². The monoisotopic (exact) mass is 680 g/mol. The fourth-order valence-corrected chi connectivity index (χ4v) is 6.16. The Morgan fingerprint density at radius 3 is 2.23 bits per heavy atom. The highest BCUT2D eigenvalue weighted by molar-refractivity contribution is 5.80. The van der Waals surface area contributed by atoms with Crippen LogP contribution >= 0.6 is 0 Å².